The van der Waals surface area contributed by atoms with Gasteiger partial charge in [0.05, 0.1) is 29.3 Å². The average Bonchev–Trinajstić information content (AvgIpc) is 3.44. The Morgan fingerprint density at radius 2 is 1.77 bits per heavy atom. The molecule has 234 valence electrons. The number of amides is 3. The number of anilines is 2. The largest absolute Gasteiger partial charge is 0.390 e. The highest BCUT2D eigenvalue weighted by molar-refractivity contribution is 6.31. The topological polar surface area (TPSA) is 85.0 Å². The first-order valence-electron chi connectivity index (χ1n) is 13.9. The van der Waals surface area contributed by atoms with E-state index in [2.05, 4.69) is 10.6 Å². The van der Waals surface area contributed by atoms with E-state index in [0.29, 0.717) is 43.3 Å². The van der Waals surface area contributed by atoms with Crippen molar-refractivity contribution in [2.45, 2.75) is 45.5 Å². The first kappa shape index (κ1) is 32.5. The van der Waals surface area contributed by atoms with Crippen LogP contribution in [0.2, 0.25) is 5.02 Å². The maximum Gasteiger partial charge on any atom is 0.390 e. The molecule has 4 rings (SSSR count). The van der Waals surface area contributed by atoms with E-state index in [1.807, 2.05) is 11.8 Å². The van der Waals surface area contributed by atoms with Crippen LogP contribution in [-0.4, -0.2) is 79.0 Å². The van der Waals surface area contributed by atoms with Gasteiger partial charge in [-0.2, -0.15) is 13.2 Å². The maximum atomic E-state index is 15.0. The van der Waals surface area contributed by atoms with Crippen molar-refractivity contribution < 1.29 is 36.3 Å². The lowest BCUT2D eigenvalue weighted by Crippen LogP contribution is -2.52. The molecule has 8 nitrogen and oxygen atoms in total. The normalized spacial score (nSPS) is 19.4. The van der Waals surface area contributed by atoms with Gasteiger partial charge in [0.15, 0.2) is 11.6 Å². The Balaban J connectivity index is 1.41. The van der Waals surface area contributed by atoms with E-state index in [-0.39, 0.29) is 48.7 Å². The van der Waals surface area contributed by atoms with Crippen LogP contribution in [0, 0.1) is 17.6 Å². The number of rotatable bonds is 8. The van der Waals surface area contributed by atoms with E-state index in [1.54, 1.807) is 15.9 Å². The first-order chi connectivity index (χ1) is 20.2. The molecule has 2 atom stereocenters. The van der Waals surface area contributed by atoms with Crippen molar-refractivity contribution in [2.24, 2.45) is 5.92 Å². The molecule has 14 heteroatoms. The summed E-state index contributed by atoms with van der Waals surface area (Å²) >= 11 is 6.20. The minimum absolute atomic E-state index is 0.124. The van der Waals surface area contributed by atoms with E-state index < -0.39 is 41.6 Å². The van der Waals surface area contributed by atoms with Gasteiger partial charge in [-0.25, -0.2) is 8.78 Å². The SMILES string of the molecule is CC(=O)N1CC[C@H](C(=O)NCc2ccc(C(=O)Nc3ccc(Cl)cc3N3CCN(CCC(F)(F)F)[C@H](C)C3)c(F)c2F)C1. The highest BCUT2D eigenvalue weighted by atomic mass is 35.5. The molecular formula is C29H33ClF5N5O3. The van der Waals surface area contributed by atoms with Crippen LogP contribution in [0.1, 0.15) is 42.6 Å². The summed E-state index contributed by atoms with van der Waals surface area (Å²) in [6.07, 6.45) is -4.69. The van der Waals surface area contributed by atoms with Crippen molar-refractivity contribution in [3.63, 3.8) is 0 Å². The molecule has 43 heavy (non-hydrogen) atoms. The summed E-state index contributed by atoms with van der Waals surface area (Å²) in [5, 5.41) is 5.52. The summed E-state index contributed by atoms with van der Waals surface area (Å²) < 4.78 is 68.1. The predicted molar refractivity (Wildman–Crippen MR) is 152 cm³/mol. The number of nitrogens with zero attached hydrogens (tertiary/aromatic N) is 3. The summed E-state index contributed by atoms with van der Waals surface area (Å²) in [4.78, 5) is 42.2. The van der Waals surface area contributed by atoms with E-state index in [9.17, 15) is 31.9 Å². The van der Waals surface area contributed by atoms with Crippen molar-refractivity contribution in [3.05, 3.63) is 58.1 Å². The monoisotopic (exact) mass is 629 g/mol. The Labute approximate surface area is 251 Å². The Hall–Kier alpha value is -3.45. The zero-order valence-electron chi connectivity index (χ0n) is 23.7. The molecule has 0 aromatic heterocycles. The van der Waals surface area contributed by atoms with Crippen molar-refractivity contribution in [1.29, 1.82) is 0 Å². The Kier molecular flexibility index (Phi) is 10.2. The van der Waals surface area contributed by atoms with Gasteiger partial charge >= 0.3 is 6.18 Å². The number of hydrogen-bond donors (Lipinski definition) is 2. The number of alkyl halides is 3. The lowest BCUT2D eigenvalue weighted by molar-refractivity contribution is -0.139. The molecule has 3 amide bonds. The van der Waals surface area contributed by atoms with Crippen LogP contribution in [0.3, 0.4) is 0 Å². The van der Waals surface area contributed by atoms with Crippen molar-refractivity contribution >= 4 is 40.7 Å². The van der Waals surface area contributed by atoms with E-state index in [0.717, 1.165) is 6.07 Å². The van der Waals surface area contributed by atoms with E-state index in [4.69, 9.17) is 11.6 Å². The number of hydrogen-bond acceptors (Lipinski definition) is 5. The van der Waals surface area contributed by atoms with Gasteiger partial charge in [0.2, 0.25) is 11.8 Å². The number of nitrogens with one attached hydrogen (secondary N) is 2. The second-order valence-electron chi connectivity index (χ2n) is 10.9. The van der Waals surface area contributed by atoms with Crippen LogP contribution in [0.15, 0.2) is 30.3 Å². The Morgan fingerprint density at radius 3 is 2.42 bits per heavy atom. The van der Waals surface area contributed by atoms with Crippen molar-refractivity contribution in [3.8, 4) is 0 Å². The van der Waals surface area contributed by atoms with Gasteiger partial charge in [-0.1, -0.05) is 17.7 Å². The number of piperazine rings is 1. The quantitative estimate of drug-likeness (QED) is 0.409. The summed E-state index contributed by atoms with van der Waals surface area (Å²) in [6, 6.07) is 6.75. The second kappa shape index (κ2) is 13.5. The fourth-order valence-corrected chi connectivity index (χ4v) is 5.53. The van der Waals surface area contributed by atoms with Crippen LogP contribution in [0.5, 0.6) is 0 Å². The van der Waals surface area contributed by atoms with Gasteiger partial charge in [-0.05, 0) is 37.6 Å². The minimum atomic E-state index is -4.25. The van der Waals surface area contributed by atoms with Gasteiger partial charge in [0, 0.05) is 69.4 Å². The average molecular weight is 630 g/mol. The van der Waals surface area contributed by atoms with Crippen molar-refractivity contribution in [1.82, 2.24) is 15.1 Å². The lowest BCUT2D eigenvalue weighted by atomic mass is 10.1. The number of likely N-dealkylation sites (tertiary alicyclic amines) is 1. The maximum absolute atomic E-state index is 15.0. The molecule has 2 N–H and O–H groups in total. The molecule has 2 fully saturated rings. The Bertz CT molecular complexity index is 1370. The molecule has 2 aromatic rings. The van der Waals surface area contributed by atoms with Gasteiger partial charge in [-0.15, -0.1) is 0 Å². The van der Waals surface area contributed by atoms with Crippen LogP contribution < -0.4 is 15.5 Å². The molecule has 2 saturated heterocycles. The zero-order valence-corrected chi connectivity index (χ0v) is 24.5. The lowest BCUT2D eigenvalue weighted by Gasteiger charge is -2.41. The molecule has 0 unspecified atom stereocenters. The number of carbonyl (C=O) groups is 3. The van der Waals surface area contributed by atoms with Gasteiger partial charge in [0.1, 0.15) is 0 Å². The summed E-state index contributed by atoms with van der Waals surface area (Å²) in [6.45, 7) is 4.59. The summed E-state index contributed by atoms with van der Waals surface area (Å²) in [7, 11) is 0. The molecule has 0 saturated carbocycles. The highest BCUT2D eigenvalue weighted by Crippen LogP contribution is 2.32. The summed E-state index contributed by atoms with van der Waals surface area (Å²) in [5.74, 6) is -4.53. The molecule has 0 bridgehead atoms. The molecule has 2 heterocycles. The van der Waals surface area contributed by atoms with Crippen molar-refractivity contribution in [2.75, 3.05) is 49.5 Å². The Morgan fingerprint density at radius 1 is 1.02 bits per heavy atom. The highest BCUT2D eigenvalue weighted by Gasteiger charge is 2.32. The minimum Gasteiger partial charge on any atom is -0.367 e. The van der Waals surface area contributed by atoms with Crippen LogP contribution in [0.25, 0.3) is 0 Å². The second-order valence-corrected chi connectivity index (χ2v) is 11.3. The number of benzene rings is 2. The van der Waals surface area contributed by atoms with E-state index in [1.165, 1.54) is 25.1 Å². The third-order valence-electron chi connectivity index (χ3n) is 7.86. The standard InChI is InChI=1S/C29H33ClF5N5O3/c1-17-15-40(12-11-38(17)10-8-29(33,34)35)24-13-21(30)4-6-23(24)37-28(43)22-5-3-19(25(31)26(22)32)14-36-27(42)20-7-9-39(16-20)18(2)41/h3-6,13,17,20H,7-12,14-16H2,1-2H3,(H,36,42)(H,37,43)/t17-,20+/m1/s1. The first-order valence-corrected chi connectivity index (χ1v) is 14.3. The van der Waals surface area contributed by atoms with Crippen LogP contribution in [-0.2, 0) is 16.1 Å². The third-order valence-corrected chi connectivity index (χ3v) is 8.10. The summed E-state index contributed by atoms with van der Waals surface area (Å²) in [5.41, 5.74) is 0.0800. The molecule has 0 radical (unpaired) electrons. The fourth-order valence-electron chi connectivity index (χ4n) is 5.37. The van der Waals surface area contributed by atoms with Gasteiger partial charge < -0.3 is 20.4 Å². The molecule has 0 aliphatic carbocycles. The third kappa shape index (κ3) is 8.14. The fraction of sp³-hybridized carbons (Fsp3) is 0.483. The molecular weight excluding hydrogens is 597 g/mol. The van der Waals surface area contributed by atoms with Crippen LogP contribution in [0.4, 0.5) is 33.3 Å². The van der Waals surface area contributed by atoms with E-state index >= 15 is 4.39 Å². The molecule has 2 aliphatic rings. The molecule has 0 spiro atoms. The predicted octanol–water partition coefficient (Wildman–Crippen LogP) is 4.82. The van der Waals surface area contributed by atoms with Gasteiger partial charge in [0.25, 0.3) is 5.91 Å². The smallest absolute Gasteiger partial charge is 0.367 e. The molecule has 2 aromatic carbocycles. The number of halogens is 6. The van der Waals surface area contributed by atoms with Gasteiger partial charge in [-0.3, -0.25) is 19.3 Å². The van der Waals surface area contributed by atoms with Crippen LogP contribution >= 0.6 is 11.6 Å². The zero-order chi connectivity index (χ0) is 31.5. The molecule has 2 aliphatic heterocycles. The number of carbonyl (C=O) groups excluding carboxylic acids is 3.